The van der Waals surface area contributed by atoms with Gasteiger partial charge in [0.1, 0.15) is 11.9 Å². The van der Waals surface area contributed by atoms with E-state index in [0.717, 1.165) is 17.4 Å². The maximum atomic E-state index is 13.0. The second-order valence-electron chi connectivity index (χ2n) is 10.4. The summed E-state index contributed by atoms with van der Waals surface area (Å²) in [6.45, 7) is 7.54. The third-order valence-corrected chi connectivity index (χ3v) is 6.73. The molecule has 2 aromatic rings. The van der Waals surface area contributed by atoms with E-state index < -0.39 is 41.8 Å². The zero-order chi connectivity index (χ0) is 29.0. The summed E-state index contributed by atoms with van der Waals surface area (Å²) in [4.78, 5) is 48.4. The molecule has 0 aromatic heterocycles. The van der Waals surface area contributed by atoms with Crippen molar-refractivity contribution in [2.75, 3.05) is 6.54 Å². The highest BCUT2D eigenvalue weighted by Gasteiger charge is 2.44. The Morgan fingerprint density at radius 2 is 1.41 bits per heavy atom. The molecule has 4 unspecified atom stereocenters. The van der Waals surface area contributed by atoms with Crippen LogP contribution >= 0.6 is 0 Å². The third-order valence-electron chi connectivity index (χ3n) is 6.73. The Hall–Kier alpha value is -3.76. The van der Waals surface area contributed by atoms with E-state index in [1.807, 2.05) is 79.8 Å². The van der Waals surface area contributed by atoms with Gasteiger partial charge in [0.05, 0.1) is 12.1 Å². The lowest BCUT2D eigenvalue weighted by atomic mass is 9.80. The van der Waals surface area contributed by atoms with Gasteiger partial charge in [-0.2, -0.15) is 0 Å². The van der Waals surface area contributed by atoms with Gasteiger partial charge < -0.3 is 25.6 Å². The van der Waals surface area contributed by atoms with Crippen molar-refractivity contribution in [1.29, 1.82) is 0 Å². The molecule has 0 aliphatic rings. The highest BCUT2D eigenvalue weighted by atomic mass is 16.4. The van der Waals surface area contributed by atoms with Crippen LogP contribution in [0.4, 0.5) is 9.59 Å². The number of nitrogens with one attached hydrogen (secondary N) is 4. The van der Waals surface area contributed by atoms with Crippen LogP contribution in [-0.4, -0.2) is 58.9 Å². The average molecular weight is 541 g/mol. The molecule has 3 amide bonds. The minimum Gasteiger partial charge on any atom is -0.465 e. The maximum Gasteiger partial charge on any atom is 0.411 e. The van der Waals surface area contributed by atoms with E-state index in [1.54, 1.807) is 13.8 Å². The van der Waals surface area contributed by atoms with Crippen LogP contribution in [0.5, 0.6) is 0 Å². The van der Waals surface area contributed by atoms with Crippen LogP contribution in [0.15, 0.2) is 60.7 Å². The summed E-state index contributed by atoms with van der Waals surface area (Å²) in [5.74, 6) is -1.70. The van der Waals surface area contributed by atoms with Gasteiger partial charge >= 0.3 is 12.2 Å². The van der Waals surface area contributed by atoms with Gasteiger partial charge in [-0.25, -0.2) is 9.59 Å². The molecule has 0 aliphatic carbocycles. The van der Waals surface area contributed by atoms with Gasteiger partial charge in [0.2, 0.25) is 5.91 Å². The number of aldehydes is 1. The SMILES string of the molecule is CC(C)C(C=O)NCC(Cc1ccccc1)C(Cc1ccccc1)(NC(=O)O)NC(C(=O)NC(=O)O)C(C)C. The number of carbonyl (C=O) groups is 4. The first-order valence-corrected chi connectivity index (χ1v) is 13.1. The number of amides is 3. The number of imide groups is 1. The minimum absolute atomic E-state index is 0.00597. The molecule has 0 aliphatic heterocycles. The fourth-order valence-electron chi connectivity index (χ4n) is 4.64. The molecule has 39 heavy (non-hydrogen) atoms. The van der Waals surface area contributed by atoms with Gasteiger partial charge in [-0.3, -0.25) is 15.4 Å². The number of carbonyl (C=O) groups excluding carboxylic acids is 2. The van der Waals surface area contributed by atoms with Crippen molar-refractivity contribution < 1.29 is 29.4 Å². The molecule has 0 fully saturated rings. The van der Waals surface area contributed by atoms with Crippen LogP contribution in [0, 0.1) is 17.8 Å². The van der Waals surface area contributed by atoms with E-state index in [1.165, 1.54) is 0 Å². The first-order chi connectivity index (χ1) is 18.5. The van der Waals surface area contributed by atoms with Crippen molar-refractivity contribution in [3.63, 3.8) is 0 Å². The van der Waals surface area contributed by atoms with Gasteiger partial charge in [-0.05, 0) is 29.4 Å². The van der Waals surface area contributed by atoms with Crippen LogP contribution in [0.25, 0.3) is 0 Å². The van der Waals surface area contributed by atoms with Crippen molar-refractivity contribution in [3.05, 3.63) is 71.8 Å². The van der Waals surface area contributed by atoms with Gasteiger partial charge in [-0.15, -0.1) is 0 Å². The topological polar surface area (TPSA) is 157 Å². The summed E-state index contributed by atoms with van der Waals surface area (Å²) in [6.07, 6.45) is -1.44. The van der Waals surface area contributed by atoms with E-state index in [4.69, 9.17) is 0 Å². The normalized spacial score (nSPS) is 15.1. The zero-order valence-electron chi connectivity index (χ0n) is 22.9. The molecule has 0 bridgehead atoms. The van der Waals surface area contributed by atoms with E-state index in [0.29, 0.717) is 6.42 Å². The number of rotatable bonds is 15. The second-order valence-corrected chi connectivity index (χ2v) is 10.4. The quantitative estimate of drug-likeness (QED) is 0.148. The summed E-state index contributed by atoms with van der Waals surface area (Å²) in [6, 6.07) is 17.2. The molecule has 0 spiro atoms. The van der Waals surface area contributed by atoms with E-state index in [-0.39, 0.29) is 24.8 Å². The smallest absolute Gasteiger partial charge is 0.411 e. The van der Waals surface area contributed by atoms with Crippen LogP contribution in [-0.2, 0) is 22.4 Å². The van der Waals surface area contributed by atoms with Crippen molar-refractivity contribution in [2.24, 2.45) is 17.8 Å². The molecule has 6 N–H and O–H groups in total. The van der Waals surface area contributed by atoms with Crippen LogP contribution in [0.1, 0.15) is 38.8 Å². The molecular formula is C29H40N4O6. The number of carboxylic acid groups (broad SMARTS) is 2. The lowest BCUT2D eigenvalue weighted by Gasteiger charge is -2.45. The first kappa shape index (κ1) is 31.5. The summed E-state index contributed by atoms with van der Waals surface area (Å²) in [7, 11) is 0. The Morgan fingerprint density at radius 1 is 0.846 bits per heavy atom. The average Bonchev–Trinajstić information content (AvgIpc) is 2.86. The molecule has 0 saturated carbocycles. The van der Waals surface area contributed by atoms with E-state index >= 15 is 0 Å². The monoisotopic (exact) mass is 540 g/mol. The predicted octanol–water partition coefficient (Wildman–Crippen LogP) is 3.27. The zero-order valence-corrected chi connectivity index (χ0v) is 22.9. The van der Waals surface area contributed by atoms with Crippen molar-refractivity contribution in [1.82, 2.24) is 21.3 Å². The highest BCUT2D eigenvalue weighted by Crippen LogP contribution is 2.27. The van der Waals surface area contributed by atoms with Crippen molar-refractivity contribution in [3.8, 4) is 0 Å². The largest absolute Gasteiger partial charge is 0.465 e. The maximum absolute atomic E-state index is 13.0. The summed E-state index contributed by atoms with van der Waals surface area (Å²) < 4.78 is 0. The first-order valence-electron chi connectivity index (χ1n) is 13.1. The number of hydrogen-bond donors (Lipinski definition) is 6. The Balaban J connectivity index is 2.69. The molecule has 10 nitrogen and oxygen atoms in total. The standard InChI is InChI=1S/C29H40N4O6/c1-19(2)24(18-34)30-17-23(15-21-11-7-5-8-12-21)29(33-28(38)39,16-22-13-9-6-10-14-22)32-25(20(3)4)26(35)31-27(36)37/h5-14,18-20,23-25,30,32-33H,15-17H2,1-4H3,(H,31,35)(H,36,37)(H,38,39). The van der Waals surface area contributed by atoms with Crippen LogP contribution < -0.4 is 21.3 Å². The van der Waals surface area contributed by atoms with Crippen LogP contribution in [0.2, 0.25) is 0 Å². The lowest BCUT2D eigenvalue weighted by Crippen LogP contribution is -2.71. The molecule has 2 rings (SSSR count). The van der Waals surface area contributed by atoms with Gasteiger partial charge in [0, 0.05) is 18.9 Å². The highest BCUT2D eigenvalue weighted by molar-refractivity contribution is 5.94. The van der Waals surface area contributed by atoms with Crippen molar-refractivity contribution in [2.45, 2.75) is 58.3 Å². The fourth-order valence-corrected chi connectivity index (χ4v) is 4.64. The van der Waals surface area contributed by atoms with Crippen molar-refractivity contribution >= 4 is 24.4 Å². The second kappa shape index (κ2) is 15.0. The molecule has 212 valence electrons. The molecule has 0 radical (unpaired) electrons. The molecule has 4 atom stereocenters. The van der Waals surface area contributed by atoms with Gasteiger partial charge in [-0.1, -0.05) is 88.4 Å². The summed E-state index contributed by atoms with van der Waals surface area (Å²) in [5.41, 5.74) is 0.290. The molecule has 0 heterocycles. The lowest BCUT2D eigenvalue weighted by molar-refractivity contribution is -0.124. The Morgan fingerprint density at radius 3 is 1.87 bits per heavy atom. The fraction of sp³-hybridized carbons (Fsp3) is 0.448. The number of benzene rings is 2. The minimum atomic E-state index is -1.50. The Labute approximate surface area is 229 Å². The number of hydrogen-bond acceptors (Lipinski definition) is 6. The Bertz CT molecular complexity index is 1080. The molecule has 10 heteroatoms. The predicted molar refractivity (Wildman–Crippen MR) is 148 cm³/mol. The summed E-state index contributed by atoms with van der Waals surface area (Å²) in [5, 5.41) is 30.4. The van der Waals surface area contributed by atoms with E-state index in [2.05, 4.69) is 16.0 Å². The third kappa shape index (κ3) is 9.81. The molecule has 2 aromatic carbocycles. The van der Waals surface area contributed by atoms with Gasteiger partial charge in [0.25, 0.3) is 0 Å². The van der Waals surface area contributed by atoms with E-state index in [9.17, 15) is 29.4 Å². The van der Waals surface area contributed by atoms with Gasteiger partial charge in [0.15, 0.2) is 0 Å². The molecule has 0 saturated heterocycles. The Kier molecular flexibility index (Phi) is 12.1. The summed E-state index contributed by atoms with van der Waals surface area (Å²) >= 11 is 0. The molecular weight excluding hydrogens is 500 g/mol. The van der Waals surface area contributed by atoms with Crippen LogP contribution in [0.3, 0.4) is 0 Å².